The van der Waals surface area contributed by atoms with E-state index >= 15 is 0 Å². The van der Waals surface area contributed by atoms with E-state index in [-0.39, 0.29) is 5.56 Å². The van der Waals surface area contributed by atoms with Crippen LogP contribution in [0.25, 0.3) is 16.9 Å². The molecule has 5 rings (SSSR count). The van der Waals surface area contributed by atoms with Gasteiger partial charge in [0.15, 0.2) is 10.5 Å². The van der Waals surface area contributed by atoms with Crippen molar-refractivity contribution in [1.82, 2.24) is 13.9 Å². The lowest BCUT2D eigenvalue weighted by Gasteiger charge is -2.23. The van der Waals surface area contributed by atoms with Gasteiger partial charge in [-0.25, -0.2) is 9.67 Å². The number of hydrogen-bond donors (Lipinski definition) is 0. The highest BCUT2D eigenvalue weighted by molar-refractivity contribution is 7.07. The van der Waals surface area contributed by atoms with Crippen LogP contribution in [0.4, 0.5) is 5.69 Å². The second kappa shape index (κ2) is 10.8. The molecular formula is C29H34N4O3S. The lowest BCUT2D eigenvalue weighted by molar-refractivity contribution is 0.318. The lowest BCUT2D eigenvalue weighted by atomic mass is 9.89. The second-order valence-corrected chi connectivity index (χ2v) is 10.4. The molecule has 0 atom stereocenters. The van der Waals surface area contributed by atoms with Gasteiger partial charge in [0.2, 0.25) is 0 Å². The van der Waals surface area contributed by atoms with E-state index in [2.05, 4.69) is 9.95 Å². The molecule has 2 aromatic carbocycles. The van der Waals surface area contributed by atoms with Gasteiger partial charge in [-0.1, -0.05) is 37.5 Å². The summed E-state index contributed by atoms with van der Waals surface area (Å²) in [6.45, 7) is 2.81. The van der Waals surface area contributed by atoms with Gasteiger partial charge in [-0.3, -0.25) is 9.48 Å². The number of hydrogen-bond acceptors (Lipinski definition) is 5. The standard InChI is InChI=1S/C29H34N4O3S/c1-20-27(28(34)33(31(20)2)22-13-9-6-10-14-22)30-29-32(18-21-11-7-5-8-12-21)25(19-37-29)24-17-23(35-3)15-16-26(24)36-4/h6,9-10,13-17,19,21H,5,7-8,11-12,18H2,1-4H3. The minimum atomic E-state index is -0.121. The number of rotatable bonds is 7. The molecule has 0 saturated heterocycles. The molecule has 1 aliphatic rings. The summed E-state index contributed by atoms with van der Waals surface area (Å²) < 4.78 is 17.1. The minimum Gasteiger partial charge on any atom is -0.497 e. The summed E-state index contributed by atoms with van der Waals surface area (Å²) >= 11 is 1.56. The molecule has 37 heavy (non-hydrogen) atoms. The monoisotopic (exact) mass is 518 g/mol. The zero-order valence-corrected chi connectivity index (χ0v) is 22.8. The van der Waals surface area contributed by atoms with E-state index in [4.69, 9.17) is 14.5 Å². The second-order valence-electron chi connectivity index (χ2n) is 9.61. The Hall–Kier alpha value is -3.52. The Balaban J connectivity index is 1.69. The van der Waals surface area contributed by atoms with E-state index in [0.29, 0.717) is 11.6 Å². The predicted molar refractivity (Wildman–Crippen MR) is 148 cm³/mol. The van der Waals surface area contributed by atoms with E-state index in [0.717, 1.165) is 45.5 Å². The molecule has 8 heteroatoms. The first kappa shape index (κ1) is 25.1. The Morgan fingerprint density at radius 1 is 1.03 bits per heavy atom. The molecule has 7 nitrogen and oxygen atoms in total. The molecular weight excluding hydrogens is 484 g/mol. The highest BCUT2D eigenvalue weighted by Crippen LogP contribution is 2.35. The average Bonchev–Trinajstić information content (AvgIpc) is 3.42. The Kier molecular flexibility index (Phi) is 7.37. The normalized spacial score (nSPS) is 14.8. The number of benzene rings is 2. The third kappa shape index (κ3) is 4.90. The van der Waals surface area contributed by atoms with E-state index in [9.17, 15) is 4.79 Å². The molecule has 2 heterocycles. The number of methoxy groups -OCH3 is 2. The van der Waals surface area contributed by atoms with Crippen molar-refractivity contribution in [1.29, 1.82) is 0 Å². The van der Waals surface area contributed by atoms with Gasteiger partial charge in [0.05, 0.1) is 31.3 Å². The summed E-state index contributed by atoms with van der Waals surface area (Å²) in [7, 11) is 5.26. The van der Waals surface area contributed by atoms with Crippen LogP contribution in [0, 0.1) is 12.8 Å². The molecule has 0 unspecified atom stereocenters. The molecule has 194 valence electrons. The molecule has 0 N–H and O–H groups in total. The van der Waals surface area contributed by atoms with E-state index in [1.165, 1.54) is 32.1 Å². The first-order chi connectivity index (χ1) is 18.0. The quantitative estimate of drug-likeness (QED) is 0.309. The molecule has 1 aliphatic carbocycles. The van der Waals surface area contributed by atoms with Crippen LogP contribution in [0.2, 0.25) is 0 Å². The lowest BCUT2D eigenvalue weighted by Crippen LogP contribution is -2.23. The third-order valence-electron chi connectivity index (χ3n) is 7.38. The van der Waals surface area contributed by atoms with Crippen LogP contribution in [0.1, 0.15) is 37.8 Å². The summed E-state index contributed by atoms with van der Waals surface area (Å²) in [6, 6.07) is 15.6. The van der Waals surface area contributed by atoms with Crippen LogP contribution >= 0.6 is 11.3 Å². The summed E-state index contributed by atoms with van der Waals surface area (Å²) in [5.41, 5.74) is 3.98. The van der Waals surface area contributed by atoms with Crippen molar-refractivity contribution >= 4 is 17.0 Å². The summed E-state index contributed by atoms with van der Waals surface area (Å²) in [5.74, 6) is 2.13. The van der Waals surface area contributed by atoms with E-state index in [1.807, 2.05) is 67.2 Å². The van der Waals surface area contributed by atoms with E-state index in [1.54, 1.807) is 30.2 Å². The molecule has 0 amide bonds. The summed E-state index contributed by atoms with van der Waals surface area (Å²) in [6.07, 6.45) is 6.25. The van der Waals surface area contributed by atoms with Gasteiger partial charge in [0, 0.05) is 24.5 Å². The SMILES string of the molecule is COc1ccc(OC)c(-c2csc(=Nc3c(C)n(C)n(-c4ccccc4)c3=O)n2CC2CCCCC2)c1. The van der Waals surface area contributed by atoms with Gasteiger partial charge in [0.25, 0.3) is 5.56 Å². The van der Waals surface area contributed by atoms with Gasteiger partial charge >= 0.3 is 0 Å². The van der Waals surface area contributed by atoms with Crippen molar-refractivity contribution in [3.8, 4) is 28.4 Å². The molecule has 0 radical (unpaired) electrons. The molecule has 2 aromatic heterocycles. The predicted octanol–water partition coefficient (Wildman–Crippen LogP) is 5.84. The van der Waals surface area contributed by atoms with Crippen LogP contribution < -0.4 is 19.8 Å². The fraction of sp³-hybridized carbons (Fsp3) is 0.379. The topological polar surface area (TPSA) is 62.7 Å². The third-order valence-corrected chi connectivity index (χ3v) is 8.24. The molecule has 0 bridgehead atoms. The highest BCUT2D eigenvalue weighted by Gasteiger charge is 2.21. The fourth-order valence-corrected chi connectivity index (χ4v) is 6.15. The molecule has 1 fully saturated rings. The van der Waals surface area contributed by atoms with Gasteiger partial charge in [0.1, 0.15) is 11.5 Å². The average molecular weight is 519 g/mol. The fourth-order valence-electron chi connectivity index (χ4n) is 5.23. The zero-order chi connectivity index (χ0) is 25.9. The van der Waals surface area contributed by atoms with Crippen LogP contribution in [0.3, 0.4) is 0 Å². The number of nitrogens with zero attached hydrogens (tertiary/aromatic N) is 4. The molecule has 1 saturated carbocycles. The molecule has 0 aliphatic heterocycles. The largest absolute Gasteiger partial charge is 0.497 e. The Morgan fingerprint density at radius 3 is 2.49 bits per heavy atom. The van der Waals surface area contributed by atoms with Crippen molar-refractivity contribution < 1.29 is 9.47 Å². The maximum Gasteiger partial charge on any atom is 0.297 e. The Bertz CT molecular complexity index is 1500. The van der Waals surface area contributed by atoms with Crippen molar-refractivity contribution in [2.45, 2.75) is 45.6 Å². The van der Waals surface area contributed by atoms with Crippen molar-refractivity contribution in [3.05, 3.63) is 74.8 Å². The maximum atomic E-state index is 13.6. The number of aromatic nitrogens is 3. The maximum absolute atomic E-state index is 13.6. The number of ether oxygens (including phenoxy) is 2. The minimum absolute atomic E-state index is 0.121. The van der Waals surface area contributed by atoms with Crippen LogP contribution in [0.15, 0.2) is 63.7 Å². The van der Waals surface area contributed by atoms with Crippen molar-refractivity contribution in [2.75, 3.05) is 14.2 Å². The Morgan fingerprint density at radius 2 is 1.78 bits per heavy atom. The first-order valence-electron chi connectivity index (χ1n) is 12.8. The van der Waals surface area contributed by atoms with Crippen molar-refractivity contribution in [3.63, 3.8) is 0 Å². The van der Waals surface area contributed by atoms with Gasteiger partial charge < -0.3 is 14.0 Å². The molecule has 0 spiro atoms. The van der Waals surface area contributed by atoms with E-state index < -0.39 is 0 Å². The van der Waals surface area contributed by atoms with Crippen LogP contribution in [-0.2, 0) is 13.6 Å². The summed E-state index contributed by atoms with van der Waals surface area (Å²) in [5, 5.41) is 2.12. The number of para-hydroxylation sites is 1. The Labute approximate surface area is 221 Å². The van der Waals surface area contributed by atoms with Crippen LogP contribution in [-0.4, -0.2) is 28.2 Å². The van der Waals surface area contributed by atoms with Gasteiger partial charge in [-0.05, 0) is 56.0 Å². The summed E-state index contributed by atoms with van der Waals surface area (Å²) in [4.78, 5) is 19.4. The number of thiazole rings is 1. The van der Waals surface area contributed by atoms with Crippen molar-refractivity contribution in [2.24, 2.45) is 18.0 Å². The highest BCUT2D eigenvalue weighted by atomic mass is 32.1. The molecule has 4 aromatic rings. The smallest absolute Gasteiger partial charge is 0.297 e. The van der Waals surface area contributed by atoms with Gasteiger partial charge in [-0.2, -0.15) is 0 Å². The first-order valence-corrected chi connectivity index (χ1v) is 13.7. The van der Waals surface area contributed by atoms with Gasteiger partial charge in [-0.15, -0.1) is 11.3 Å². The van der Waals surface area contributed by atoms with Crippen LogP contribution in [0.5, 0.6) is 11.5 Å². The zero-order valence-electron chi connectivity index (χ0n) is 21.9.